The quantitative estimate of drug-likeness (QED) is 0.331. The number of alkyl halides is 3. The molecule has 2 aromatic rings. The Morgan fingerprint density at radius 3 is 2.59 bits per heavy atom. The number of nitrogens with zero attached hydrogens (tertiary/aromatic N) is 4. The summed E-state index contributed by atoms with van der Waals surface area (Å²) in [6.45, 7) is 10.2. The molecule has 10 nitrogen and oxygen atoms in total. The fourth-order valence-corrected chi connectivity index (χ4v) is 6.58. The van der Waals surface area contributed by atoms with Gasteiger partial charge in [0.05, 0.1) is 27.6 Å². The van der Waals surface area contributed by atoms with Crippen molar-refractivity contribution in [2.45, 2.75) is 96.3 Å². The predicted molar refractivity (Wildman–Crippen MR) is 160 cm³/mol. The van der Waals surface area contributed by atoms with Crippen LogP contribution in [-0.2, 0) is 28.7 Å². The molecule has 2 aromatic heterocycles. The van der Waals surface area contributed by atoms with Crippen molar-refractivity contribution < 1.29 is 31.5 Å². The zero-order valence-corrected chi connectivity index (χ0v) is 26.7. The Kier molecular flexibility index (Phi) is 9.37. The number of amides is 1. The first-order valence-electron chi connectivity index (χ1n) is 14.5. The van der Waals surface area contributed by atoms with Crippen molar-refractivity contribution in [3.05, 3.63) is 46.9 Å². The van der Waals surface area contributed by atoms with E-state index < -0.39 is 35.2 Å². The number of hydrogen-bond donors (Lipinski definition) is 2. The van der Waals surface area contributed by atoms with Gasteiger partial charge in [0.15, 0.2) is 0 Å². The van der Waals surface area contributed by atoms with Gasteiger partial charge in [0.25, 0.3) is 5.91 Å². The Balaban J connectivity index is 1.46. The first-order valence-corrected chi connectivity index (χ1v) is 15.6. The standard InChI is InChI=1S/C30H41F3N6O4S/c1-18-24(44(41)42)22(38-37-18)13-14-29(6)15-28(4,5)39(16-29)26-21(25(34)40)11-9-20(36-26)8-7-19-10-12-23(35-19)43-17-27(2,3)30(31,32)33/h9-12,19H,7-8,13-17H2,1-6H3,(H2,34,40)(H,37,38)(H,41,42)/p-1/t19?,29-/m0/s1. The first kappa shape index (κ1) is 33.6. The highest BCUT2D eigenvalue weighted by Gasteiger charge is 2.48. The summed E-state index contributed by atoms with van der Waals surface area (Å²) in [5.41, 5.74) is 5.19. The number of pyridine rings is 1. The molecule has 1 amide bonds. The van der Waals surface area contributed by atoms with Gasteiger partial charge in [0.1, 0.15) is 12.4 Å². The molecule has 1 fully saturated rings. The Labute approximate surface area is 258 Å². The topological polar surface area (TPSA) is 150 Å². The summed E-state index contributed by atoms with van der Waals surface area (Å²) in [4.78, 5) is 24.0. The van der Waals surface area contributed by atoms with Crippen LogP contribution < -0.4 is 10.6 Å². The second kappa shape index (κ2) is 12.3. The third kappa shape index (κ3) is 7.33. The van der Waals surface area contributed by atoms with Crippen molar-refractivity contribution in [1.29, 1.82) is 0 Å². The lowest BCUT2D eigenvalue weighted by Crippen LogP contribution is -2.40. The number of halogens is 3. The van der Waals surface area contributed by atoms with E-state index in [1.807, 2.05) is 0 Å². The minimum atomic E-state index is -4.39. The van der Waals surface area contributed by atoms with Gasteiger partial charge in [-0.1, -0.05) is 13.0 Å². The first-order chi connectivity index (χ1) is 20.3. The molecule has 0 radical (unpaired) electrons. The number of aliphatic imine (C=N–C) groups is 1. The molecule has 1 saturated heterocycles. The van der Waals surface area contributed by atoms with Gasteiger partial charge >= 0.3 is 6.18 Å². The highest BCUT2D eigenvalue weighted by atomic mass is 32.2. The van der Waals surface area contributed by atoms with Crippen LogP contribution in [0.25, 0.3) is 0 Å². The van der Waals surface area contributed by atoms with Gasteiger partial charge in [-0.05, 0) is 101 Å². The molecule has 14 heteroatoms. The van der Waals surface area contributed by atoms with Crippen LogP contribution in [0.3, 0.4) is 0 Å². The fraction of sp³-hybridized carbons (Fsp3) is 0.600. The zero-order valence-electron chi connectivity index (χ0n) is 25.9. The van der Waals surface area contributed by atoms with E-state index in [0.29, 0.717) is 55.0 Å². The average Bonchev–Trinajstić information content (AvgIpc) is 3.59. The van der Waals surface area contributed by atoms with Crippen molar-refractivity contribution in [2.75, 3.05) is 18.1 Å². The number of aromatic amines is 1. The number of hydrogen-bond acceptors (Lipinski definition) is 8. The van der Waals surface area contributed by atoms with Crippen molar-refractivity contribution in [1.82, 2.24) is 15.2 Å². The lowest BCUT2D eigenvalue weighted by molar-refractivity contribution is -0.220. The largest absolute Gasteiger partial charge is 0.768 e. The lowest BCUT2D eigenvalue weighted by atomic mass is 9.80. The Bertz CT molecular complexity index is 1490. The van der Waals surface area contributed by atoms with Crippen molar-refractivity contribution in [3.8, 4) is 0 Å². The number of carbonyl (C=O) groups excluding carboxylic acids is 1. The van der Waals surface area contributed by atoms with Gasteiger partial charge in [-0.2, -0.15) is 18.3 Å². The molecule has 0 aromatic carbocycles. The molecule has 3 atom stereocenters. The average molecular weight is 638 g/mol. The highest BCUT2D eigenvalue weighted by Crippen LogP contribution is 2.46. The van der Waals surface area contributed by atoms with E-state index >= 15 is 0 Å². The number of H-pyrrole nitrogens is 1. The number of carbonyl (C=O) groups is 1. The molecule has 2 aliphatic heterocycles. The SMILES string of the molecule is Cc1[nH]nc(CC[C@]2(C)CN(c3nc(CCC4C=CC(OCC(C)(C)C(F)(F)F)=N4)ccc3C(N)=O)C(C)(C)C2)c1S(=O)[O-]. The molecule has 2 unspecified atom stereocenters. The van der Waals surface area contributed by atoms with Crippen LogP contribution in [0.4, 0.5) is 19.0 Å². The maximum absolute atomic E-state index is 13.2. The molecule has 44 heavy (non-hydrogen) atoms. The molecule has 242 valence electrons. The number of ether oxygens (including phenoxy) is 1. The Hall–Kier alpha value is -3.26. The second-order valence-electron chi connectivity index (χ2n) is 13.4. The maximum atomic E-state index is 13.2. The van der Waals surface area contributed by atoms with Crippen molar-refractivity contribution in [2.24, 2.45) is 21.6 Å². The maximum Gasteiger partial charge on any atom is 0.397 e. The summed E-state index contributed by atoms with van der Waals surface area (Å²) < 4.78 is 68.3. The van der Waals surface area contributed by atoms with Crippen LogP contribution in [0.15, 0.2) is 34.2 Å². The van der Waals surface area contributed by atoms with E-state index in [1.165, 1.54) is 0 Å². The van der Waals surface area contributed by atoms with Gasteiger partial charge < -0.3 is 19.9 Å². The van der Waals surface area contributed by atoms with Crippen LogP contribution >= 0.6 is 0 Å². The van der Waals surface area contributed by atoms with Crippen LogP contribution in [0.5, 0.6) is 0 Å². The van der Waals surface area contributed by atoms with E-state index in [9.17, 15) is 26.7 Å². The molecule has 0 spiro atoms. The summed E-state index contributed by atoms with van der Waals surface area (Å²) in [5.74, 6) is 0.0660. The number of rotatable bonds is 11. The van der Waals surface area contributed by atoms with E-state index in [2.05, 4.69) is 40.9 Å². The summed E-state index contributed by atoms with van der Waals surface area (Å²) in [5, 5.41) is 6.97. The molecular weight excluding hydrogens is 597 g/mol. The normalized spacial score (nSPS) is 22.4. The van der Waals surface area contributed by atoms with Crippen LogP contribution in [0.2, 0.25) is 0 Å². The summed E-state index contributed by atoms with van der Waals surface area (Å²) in [6, 6.07) is 3.16. The minimum absolute atomic E-state index is 0.168. The third-order valence-corrected chi connectivity index (χ3v) is 9.35. The van der Waals surface area contributed by atoms with Gasteiger partial charge in [0, 0.05) is 23.5 Å². The van der Waals surface area contributed by atoms with Gasteiger partial charge in [0.2, 0.25) is 5.90 Å². The third-order valence-electron chi connectivity index (χ3n) is 8.48. The number of primary amides is 1. The smallest absolute Gasteiger partial charge is 0.397 e. The fourth-order valence-electron chi connectivity index (χ4n) is 5.95. The molecule has 4 rings (SSSR count). The van der Waals surface area contributed by atoms with E-state index in [4.69, 9.17) is 15.5 Å². The number of aromatic nitrogens is 3. The van der Waals surface area contributed by atoms with E-state index in [-0.39, 0.29) is 27.8 Å². The zero-order chi connectivity index (χ0) is 32.7. The minimum Gasteiger partial charge on any atom is -0.768 e. The number of aryl methyl sites for hydroxylation is 3. The molecule has 0 aliphatic carbocycles. The van der Waals surface area contributed by atoms with Crippen molar-refractivity contribution >= 4 is 28.7 Å². The summed E-state index contributed by atoms with van der Waals surface area (Å²) in [6.07, 6.45) is 1.94. The Morgan fingerprint density at radius 2 is 1.95 bits per heavy atom. The molecular formula is C30H40F3N6O4S-. The van der Waals surface area contributed by atoms with E-state index in [1.54, 1.807) is 31.2 Å². The molecule has 2 aliphatic rings. The Morgan fingerprint density at radius 1 is 1.25 bits per heavy atom. The molecule has 4 heterocycles. The lowest BCUT2D eigenvalue weighted by Gasteiger charge is -2.33. The second-order valence-corrected chi connectivity index (χ2v) is 14.3. The number of nitrogens with one attached hydrogen (secondary N) is 1. The number of anilines is 1. The summed E-state index contributed by atoms with van der Waals surface area (Å²) in [7, 11) is 0. The van der Waals surface area contributed by atoms with Crippen LogP contribution in [0.1, 0.15) is 81.3 Å². The van der Waals surface area contributed by atoms with Gasteiger partial charge in [-0.25, -0.2) is 9.98 Å². The molecule has 0 saturated carbocycles. The summed E-state index contributed by atoms with van der Waals surface area (Å²) >= 11 is -2.39. The van der Waals surface area contributed by atoms with Crippen LogP contribution in [-0.4, -0.2) is 66.7 Å². The van der Waals surface area contributed by atoms with Crippen LogP contribution in [0, 0.1) is 17.8 Å². The van der Waals surface area contributed by atoms with Gasteiger partial charge in [-0.3, -0.25) is 14.1 Å². The highest BCUT2D eigenvalue weighted by molar-refractivity contribution is 7.79. The predicted octanol–water partition coefficient (Wildman–Crippen LogP) is 4.95. The number of nitrogens with two attached hydrogens (primary N) is 1. The van der Waals surface area contributed by atoms with E-state index in [0.717, 1.165) is 26.0 Å². The molecule has 3 N–H and O–H groups in total. The molecule has 0 bridgehead atoms. The van der Waals surface area contributed by atoms with Gasteiger partial charge in [-0.15, -0.1) is 0 Å². The van der Waals surface area contributed by atoms with Crippen molar-refractivity contribution in [3.63, 3.8) is 0 Å². The monoisotopic (exact) mass is 637 g/mol.